The quantitative estimate of drug-likeness (QED) is 0.750. The summed E-state index contributed by atoms with van der Waals surface area (Å²) in [6.45, 7) is 2.34. The summed E-state index contributed by atoms with van der Waals surface area (Å²) in [6.07, 6.45) is 10.1. The van der Waals surface area contributed by atoms with Crippen LogP contribution >= 0.6 is 0 Å². The third-order valence-electron chi connectivity index (χ3n) is 7.07. The van der Waals surface area contributed by atoms with Gasteiger partial charge in [0.05, 0.1) is 6.54 Å². The van der Waals surface area contributed by atoms with E-state index < -0.39 is 5.91 Å². The fraction of sp³-hybridized carbons (Fsp3) is 0.500. The smallest absolute Gasteiger partial charge is 0.248 e. The molecular formula is C26H34N4O2. The van der Waals surface area contributed by atoms with E-state index in [1.807, 2.05) is 30.3 Å². The summed E-state index contributed by atoms with van der Waals surface area (Å²) in [5, 5.41) is 0. The highest BCUT2D eigenvalue weighted by Crippen LogP contribution is 2.28. The molecule has 1 aliphatic carbocycles. The van der Waals surface area contributed by atoms with Crippen molar-refractivity contribution in [1.82, 2.24) is 14.8 Å². The van der Waals surface area contributed by atoms with Crippen molar-refractivity contribution < 1.29 is 9.59 Å². The zero-order chi connectivity index (χ0) is 22.5. The Morgan fingerprint density at radius 2 is 1.88 bits per heavy atom. The first-order valence-corrected chi connectivity index (χ1v) is 11.9. The number of carbonyl (C=O) groups is 2. The Hall–Kier alpha value is -2.73. The van der Waals surface area contributed by atoms with Crippen LogP contribution in [0.5, 0.6) is 0 Å². The van der Waals surface area contributed by atoms with Crippen molar-refractivity contribution in [2.24, 2.45) is 5.73 Å². The second kappa shape index (κ2) is 10.3. The van der Waals surface area contributed by atoms with Crippen LogP contribution in [0.15, 0.2) is 42.6 Å². The Labute approximate surface area is 190 Å². The fourth-order valence-electron chi connectivity index (χ4n) is 5.08. The number of piperidine rings is 1. The first kappa shape index (κ1) is 22.5. The van der Waals surface area contributed by atoms with Crippen molar-refractivity contribution in [3.8, 4) is 11.1 Å². The number of hydrogen-bond donors (Lipinski definition) is 1. The first-order valence-electron chi connectivity index (χ1n) is 11.9. The van der Waals surface area contributed by atoms with Gasteiger partial charge in [0.1, 0.15) is 0 Å². The predicted molar refractivity (Wildman–Crippen MR) is 126 cm³/mol. The third-order valence-corrected chi connectivity index (χ3v) is 7.07. The second-order valence-electron chi connectivity index (χ2n) is 9.29. The van der Waals surface area contributed by atoms with Crippen molar-refractivity contribution in [1.29, 1.82) is 0 Å². The number of amides is 2. The van der Waals surface area contributed by atoms with Gasteiger partial charge < -0.3 is 10.6 Å². The first-order chi connectivity index (χ1) is 15.5. The fourth-order valence-corrected chi connectivity index (χ4v) is 5.08. The summed E-state index contributed by atoms with van der Waals surface area (Å²) in [5.41, 5.74) is 8.87. The molecule has 1 unspecified atom stereocenters. The molecule has 0 spiro atoms. The molecule has 0 bridgehead atoms. The molecule has 32 heavy (non-hydrogen) atoms. The maximum atomic E-state index is 12.9. The number of primary amides is 1. The predicted octanol–water partition coefficient (Wildman–Crippen LogP) is 3.82. The van der Waals surface area contributed by atoms with Gasteiger partial charge in [-0.05, 0) is 56.0 Å². The molecule has 1 saturated carbocycles. The summed E-state index contributed by atoms with van der Waals surface area (Å²) < 4.78 is 0. The van der Waals surface area contributed by atoms with Crippen molar-refractivity contribution >= 4 is 11.8 Å². The molecule has 6 nitrogen and oxygen atoms in total. The number of likely N-dealkylation sites (N-methyl/N-ethyl adjacent to an activating group) is 1. The molecule has 6 heteroatoms. The van der Waals surface area contributed by atoms with Crippen molar-refractivity contribution in [2.75, 3.05) is 26.7 Å². The number of hydrogen-bond acceptors (Lipinski definition) is 4. The number of nitrogens with zero attached hydrogens (tertiary/aromatic N) is 3. The second-order valence-corrected chi connectivity index (χ2v) is 9.29. The van der Waals surface area contributed by atoms with Crippen LogP contribution in [0.25, 0.3) is 11.1 Å². The lowest BCUT2D eigenvalue weighted by atomic mass is 9.93. The monoisotopic (exact) mass is 434 g/mol. The Morgan fingerprint density at radius 3 is 2.59 bits per heavy atom. The highest BCUT2D eigenvalue weighted by atomic mass is 16.2. The van der Waals surface area contributed by atoms with Gasteiger partial charge in [-0.3, -0.25) is 19.5 Å². The lowest BCUT2D eigenvalue weighted by Crippen LogP contribution is -2.46. The van der Waals surface area contributed by atoms with Crippen LogP contribution in [0.4, 0.5) is 0 Å². The largest absolute Gasteiger partial charge is 0.366 e. The van der Waals surface area contributed by atoms with Crippen molar-refractivity contribution in [3.63, 3.8) is 0 Å². The van der Waals surface area contributed by atoms with Crippen LogP contribution in [0.3, 0.4) is 0 Å². The minimum absolute atomic E-state index is 0.246. The summed E-state index contributed by atoms with van der Waals surface area (Å²) >= 11 is 0. The maximum Gasteiger partial charge on any atom is 0.248 e. The summed E-state index contributed by atoms with van der Waals surface area (Å²) in [7, 11) is 1.98. The van der Waals surface area contributed by atoms with Gasteiger partial charge >= 0.3 is 0 Å². The van der Waals surface area contributed by atoms with Gasteiger partial charge in [0.2, 0.25) is 11.8 Å². The van der Waals surface area contributed by atoms with E-state index >= 15 is 0 Å². The highest BCUT2D eigenvalue weighted by Gasteiger charge is 2.27. The molecule has 170 valence electrons. The average Bonchev–Trinajstić information content (AvgIpc) is 2.84. The van der Waals surface area contributed by atoms with E-state index in [9.17, 15) is 9.59 Å². The van der Waals surface area contributed by atoms with E-state index in [2.05, 4.69) is 17.0 Å². The van der Waals surface area contributed by atoms with Gasteiger partial charge in [-0.2, -0.15) is 0 Å². The van der Waals surface area contributed by atoms with E-state index in [-0.39, 0.29) is 5.91 Å². The zero-order valence-corrected chi connectivity index (χ0v) is 19.0. The third kappa shape index (κ3) is 5.36. The number of nitrogens with two attached hydrogens (primary N) is 1. The van der Waals surface area contributed by atoms with Gasteiger partial charge in [0.15, 0.2) is 0 Å². The summed E-state index contributed by atoms with van der Waals surface area (Å²) in [4.78, 5) is 33.4. The highest BCUT2D eigenvalue weighted by molar-refractivity contribution is 5.94. The Kier molecular flexibility index (Phi) is 7.20. The normalized spacial score (nSPS) is 20.1. The Balaban J connectivity index is 1.37. The van der Waals surface area contributed by atoms with Crippen LogP contribution in [-0.2, 0) is 4.79 Å². The van der Waals surface area contributed by atoms with Crippen LogP contribution in [0.2, 0.25) is 0 Å². The molecule has 4 rings (SSSR count). The van der Waals surface area contributed by atoms with Gasteiger partial charge in [0, 0.05) is 48.6 Å². The van der Waals surface area contributed by atoms with Crippen molar-refractivity contribution in [2.45, 2.75) is 56.9 Å². The van der Waals surface area contributed by atoms with Crippen LogP contribution in [0, 0.1) is 0 Å². The van der Waals surface area contributed by atoms with E-state index in [1.165, 1.54) is 19.3 Å². The Morgan fingerprint density at radius 1 is 1.06 bits per heavy atom. The topological polar surface area (TPSA) is 79.5 Å². The lowest BCUT2D eigenvalue weighted by molar-refractivity contribution is -0.134. The molecule has 2 heterocycles. The van der Waals surface area contributed by atoms with Crippen LogP contribution in [-0.4, -0.2) is 59.3 Å². The van der Waals surface area contributed by atoms with Crippen molar-refractivity contribution in [3.05, 3.63) is 53.9 Å². The van der Waals surface area contributed by atoms with Gasteiger partial charge in [-0.1, -0.05) is 37.5 Å². The number of pyridine rings is 1. The molecular weight excluding hydrogens is 400 g/mol. The SMILES string of the molecule is CN(C(=O)CN1CCCC(c2ccc(-c3cccc(C(N)=O)c3)cn2)C1)C1CCCCC1. The van der Waals surface area contributed by atoms with Gasteiger partial charge in [-0.25, -0.2) is 0 Å². The molecule has 2 aromatic rings. The molecule has 2 N–H and O–H groups in total. The van der Waals surface area contributed by atoms with Gasteiger partial charge in [-0.15, -0.1) is 0 Å². The van der Waals surface area contributed by atoms with Crippen LogP contribution in [0.1, 0.15) is 66.9 Å². The molecule has 1 atom stereocenters. The average molecular weight is 435 g/mol. The lowest BCUT2D eigenvalue weighted by Gasteiger charge is -2.36. The molecule has 1 aromatic carbocycles. The minimum Gasteiger partial charge on any atom is -0.366 e. The maximum absolute atomic E-state index is 12.9. The van der Waals surface area contributed by atoms with Crippen LogP contribution < -0.4 is 5.73 Å². The number of likely N-dealkylation sites (tertiary alicyclic amines) is 1. The molecule has 1 aliphatic heterocycles. The molecule has 1 saturated heterocycles. The number of rotatable bonds is 6. The van der Waals surface area contributed by atoms with Gasteiger partial charge in [0.25, 0.3) is 0 Å². The number of benzene rings is 1. The molecule has 2 amide bonds. The van der Waals surface area contributed by atoms with E-state index in [0.717, 1.165) is 55.6 Å². The van der Waals surface area contributed by atoms with E-state index in [1.54, 1.807) is 12.1 Å². The molecule has 2 aliphatic rings. The molecule has 2 fully saturated rings. The summed E-state index contributed by atoms with van der Waals surface area (Å²) in [5.74, 6) is 0.153. The molecule has 0 radical (unpaired) electrons. The van der Waals surface area contributed by atoms with E-state index in [4.69, 9.17) is 10.7 Å². The molecule has 1 aromatic heterocycles. The minimum atomic E-state index is -0.428. The standard InChI is InChI=1S/C26H34N4O2/c1-29(23-10-3-2-4-11-23)25(31)18-30-14-6-9-22(17-30)24-13-12-21(16-28-24)19-7-5-8-20(15-19)26(27)32/h5,7-8,12-13,15-16,22-23H,2-4,6,9-11,14,17-18H2,1H3,(H2,27,32). The van der Waals surface area contributed by atoms with E-state index in [0.29, 0.717) is 24.1 Å². The summed E-state index contributed by atoms with van der Waals surface area (Å²) in [6, 6.07) is 11.9. The zero-order valence-electron chi connectivity index (χ0n) is 19.0. The Bertz CT molecular complexity index is 937. The number of aromatic nitrogens is 1. The number of carbonyl (C=O) groups excluding carboxylic acids is 2.